The Bertz CT molecular complexity index is 596. The van der Waals surface area contributed by atoms with Gasteiger partial charge in [-0.2, -0.15) is 0 Å². The smallest absolute Gasteiger partial charge is 0.329 e. The number of sulfone groups is 1. The number of nitrogens with one attached hydrogen (secondary N) is 1. The van der Waals surface area contributed by atoms with Gasteiger partial charge in [0.15, 0.2) is 9.84 Å². The van der Waals surface area contributed by atoms with Gasteiger partial charge >= 0.3 is 5.97 Å². The summed E-state index contributed by atoms with van der Waals surface area (Å²) in [6.07, 6.45) is 1.12. The van der Waals surface area contributed by atoms with E-state index in [2.05, 4.69) is 10.1 Å². The fraction of sp³-hybridized carbons (Fsp3) is 0.333. The van der Waals surface area contributed by atoms with Gasteiger partial charge in [-0.1, -0.05) is 12.1 Å². The molecule has 7 nitrogen and oxygen atoms in total. The van der Waals surface area contributed by atoms with Crippen molar-refractivity contribution in [2.45, 2.75) is 5.75 Å². The van der Waals surface area contributed by atoms with Crippen LogP contribution in [0.5, 0.6) is 0 Å². The Kier molecular flexibility index (Phi) is 5.66. The maximum atomic E-state index is 11.4. The molecule has 1 aromatic rings. The zero-order chi connectivity index (χ0) is 15.2. The molecule has 0 aliphatic rings. The highest BCUT2D eigenvalue weighted by Crippen LogP contribution is 2.12. The zero-order valence-corrected chi connectivity index (χ0v) is 11.6. The van der Waals surface area contributed by atoms with E-state index in [1.807, 2.05) is 0 Å². The number of carboxylic acid groups (broad SMARTS) is 1. The Morgan fingerprint density at radius 1 is 1.30 bits per heavy atom. The zero-order valence-electron chi connectivity index (χ0n) is 10.8. The average Bonchev–Trinajstić information content (AvgIpc) is 2.26. The van der Waals surface area contributed by atoms with E-state index in [1.165, 1.54) is 6.07 Å². The Labute approximate surface area is 116 Å². The molecule has 8 heteroatoms. The number of amides is 1. The van der Waals surface area contributed by atoms with Gasteiger partial charge in [0.1, 0.15) is 13.2 Å². The van der Waals surface area contributed by atoms with Crippen LogP contribution in [-0.2, 0) is 29.9 Å². The Morgan fingerprint density at radius 2 is 2.00 bits per heavy atom. The number of anilines is 1. The first-order valence-electron chi connectivity index (χ1n) is 5.62. The van der Waals surface area contributed by atoms with Gasteiger partial charge in [0.05, 0.1) is 5.75 Å². The molecule has 0 aliphatic heterocycles. The summed E-state index contributed by atoms with van der Waals surface area (Å²) < 4.78 is 27.0. The third-order valence-electron chi connectivity index (χ3n) is 2.10. The van der Waals surface area contributed by atoms with Crippen LogP contribution in [0, 0.1) is 0 Å². The van der Waals surface area contributed by atoms with Gasteiger partial charge in [0, 0.05) is 11.9 Å². The molecule has 0 atom stereocenters. The number of hydrogen-bond acceptors (Lipinski definition) is 5. The number of carbonyl (C=O) groups is 2. The molecule has 0 radical (unpaired) electrons. The lowest BCUT2D eigenvalue weighted by Crippen LogP contribution is -2.20. The summed E-state index contributed by atoms with van der Waals surface area (Å²) in [4.78, 5) is 21.6. The van der Waals surface area contributed by atoms with E-state index in [0.717, 1.165) is 6.26 Å². The highest BCUT2D eigenvalue weighted by atomic mass is 32.2. The molecular weight excluding hydrogens is 286 g/mol. The predicted molar refractivity (Wildman–Crippen MR) is 72.1 cm³/mol. The van der Waals surface area contributed by atoms with Gasteiger partial charge in [0.2, 0.25) is 5.91 Å². The minimum atomic E-state index is -3.15. The minimum Gasteiger partial charge on any atom is -0.480 e. The summed E-state index contributed by atoms with van der Waals surface area (Å²) in [5.41, 5.74) is 0.979. The summed E-state index contributed by atoms with van der Waals surface area (Å²) in [6.45, 7) is -0.940. The summed E-state index contributed by atoms with van der Waals surface area (Å²) in [7, 11) is -3.15. The van der Waals surface area contributed by atoms with Gasteiger partial charge in [-0.3, -0.25) is 4.79 Å². The summed E-state index contributed by atoms with van der Waals surface area (Å²) in [5.74, 6) is -1.79. The largest absolute Gasteiger partial charge is 0.480 e. The van der Waals surface area contributed by atoms with Gasteiger partial charge in [-0.25, -0.2) is 13.2 Å². The normalized spacial score (nSPS) is 11.1. The number of carboxylic acids is 1. The van der Waals surface area contributed by atoms with Crippen molar-refractivity contribution in [3.05, 3.63) is 29.8 Å². The molecule has 0 aromatic heterocycles. The van der Waals surface area contributed by atoms with Crippen LogP contribution < -0.4 is 5.32 Å². The van der Waals surface area contributed by atoms with Gasteiger partial charge in [0.25, 0.3) is 0 Å². The van der Waals surface area contributed by atoms with Crippen molar-refractivity contribution in [2.75, 3.05) is 24.8 Å². The highest BCUT2D eigenvalue weighted by molar-refractivity contribution is 7.89. The molecule has 20 heavy (non-hydrogen) atoms. The van der Waals surface area contributed by atoms with Crippen LogP contribution in [0.2, 0.25) is 0 Å². The van der Waals surface area contributed by atoms with Crippen molar-refractivity contribution < 1.29 is 27.9 Å². The molecule has 0 saturated heterocycles. The molecule has 1 aromatic carbocycles. The molecular formula is C12H15NO6S. The maximum Gasteiger partial charge on any atom is 0.329 e. The number of ether oxygens (including phenoxy) is 1. The first-order valence-corrected chi connectivity index (χ1v) is 7.68. The molecule has 0 bridgehead atoms. The number of aliphatic carboxylic acids is 1. The van der Waals surface area contributed by atoms with E-state index in [4.69, 9.17) is 5.11 Å². The molecule has 2 N–H and O–H groups in total. The second kappa shape index (κ2) is 7.01. The third-order valence-corrected chi connectivity index (χ3v) is 2.96. The maximum absolute atomic E-state index is 11.4. The topological polar surface area (TPSA) is 110 Å². The molecule has 0 heterocycles. The van der Waals surface area contributed by atoms with Crippen molar-refractivity contribution in [1.29, 1.82) is 0 Å². The fourth-order valence-corrected chi connectivity index (χ4v) is 2.25. The SMILES string of the molecule is CS(=O)(=O)Cc1cccc(NC(=O)COCC(=O)O)c1. The van der Waals surface area contributed by atoms with Gasteiger partial charge in [-0.15, -0.1) is 0 Å². The van der Waals surface area contributed by atoms with E-state index in [0.29, 0.717) is 11.3 Å². The second-order valence-electron chi connectivity index (χ2n) is 4.21. The van der Waals surface area contributed by atoms with Crippen molar-refractivity contribution >= 4 is 27.4 Å². The van der Waals surface area contributed by atoms with Crippen LogP contribution >= 0.6 is 0 Å². The van der Waals surface area contributed by atoms with Crippen LogP contribution in [0.3, 0.4) is 0 Å². The number of rotatable bonds is 7. The molecule has 1 amide bonds. The molecule has 0 spiro atoms. The standard InChI is InChI=1S/C12H15NO6S/c1-20(17,18)8-9-3-2-4-10(5-9)13-11(14)6-19-7-12(15)16/h2-5H,6-8H2,1H3,(H,13,14)(H,15,16). The molecule has 0 saturated carbocycles. The molecule has 0 unspecified atom stereocenters. The van der Waals surface area contributed by atoms with Crippen LogP contribution in [0.1, 0.15) is 5.56 Å². The molecule has 110 valence electrons. The number of carbonyl (C=O) groups excluding carboxylic acids is 1. The Hall–Kier alpha value is -1.93. The second-order valence-corrected chi connectivity index (χ2v) is 6.35. The van der Waals surface area contributed by atoms with E-state index in [-0.39, 0.29) is 12.4 Å². The number of hydrogen-bond donors (Lipinski definition) is 2. The van der Waals surface area contributed by atoms with E-state index in [9.17, 15) is 18.0 Å². The first kappa shape index (κ1) is 16.1. The predicted octanol–water partition coefficient (Wildman–Crippen LogP) is 0.271. The van der Waals surface area contributed by atoms with Crippen molar-refractivity contribution in [2.24, 2.45) is 0 Å². The quantitative estimate of drug-likeness (QED) is 0.748. The van der Waals surface area contributed by atoms with Crippen LogP contribution in [-0.4, -0.2) is 44.9 Å². The first-order chi connectivity index (χ1) is 9.26. The lowest BCUT2D eigenvalue weighted by Gasteiger charge is -2.07. The molecule has 0 fully saturated rings. The summed E-state index contributed by atoms with van der Waals surface area (Å²) in [5, 5.41) is 10.8. The van der Waals surface area contributed by atoms with Gasteiger partial charge < -0.3 is 15.2 Å². The summed E-state index contributed by atoms with van der Waals surface area (Å²) >= 11 is 0. The third kappa shape index (κ3) is 6.86. The van der Waals surface area contributed by atoms with Crippen molar-refractivity contribution in [3.8, 4) is 0 Å². The van der Waals surface area contributed by atoms with Crippen LogP contribution in [0.15, 0.2) is 24.3 Å². The van der Waals surface area contributed by atoms with E-state index in [1.54, 1.807) is 18.2 Å². The lowest BCUT2D eigenvalue weighted by molar-refractivity contribution is -0.143. The average molecular weight is 301 g/mol. The van der Waals surface area contributed by atoms with Crippen molar-refractivity contribution in [1.82, 2.24) is 0 Å². The number of benzene rings is 1. The van der Waals surface area contributed by atoms with E-state index < -0.39 is 28.3 Å². The summed E-state index contributed by atoms with van der Waals surface area (Å²) in [6, 6.07) is 6.39. The lowest BCUT2D eigenvalue weighted by atomic mass is 10.2. The van der Waals surface area contributed by atoms with Crippen molar-refractivity contribution in [3.63, 3.8) is 0 Å². The monoisotopic (exact) mass is 301 g/mol. The fourth-order valence-electron chi connectivity index (χ4n) is 1.47. The molecule has 0 aliphatic carbocycles. The van der Waals surface area contributed by atoms with Crippen LogP contribution in [0.4, 0.5) is 5.69 Å². The van der Waals surface area contributed by atoms with E-state index >= 15 is 0 Å². The van der Waals surface area contributed by atoms with Crippen LogP contribution in [0.25, 0.3) is 0 Å². The molecule has 1 rings (SSSR count). The minimum absolute atomic E-state index is 0.119. The Balaban J connectivity index is 2.57. The highest BCUT2D eigenvalue weighted by Gasteiger charge is 2.07. The van der Waals surface area contributed by atoms with Gasteiger partial charge in [-0.05, 0) is 17.7 Å². The Morgan fingerprint density at radius 3 is 2.60 bits per heavy atom.